The first-order valence-corrected chi connectivity index (χ1v) is 13.0. The summed E-state index contributed by atoms with van der Waals surface area (Å²) in [6, 6.07) is 25.7. The molecule has 0 bridgehead atoms. The molecule has 1 heterocycles. The number of hydrogen-bond acceptors (Lipinski definition) is 6. The number of amides is 1. The molecule has 4 aromatic rings. The zero-order valence-electron chi connectivity index (χ0n) is 17.7. The number of carbonyl (C=O) groups is 1. The van der Waals surface area contributed by atoms with Gasteiger partial charge in [0.05, 0.1) is 12.0 Å². The SMILES string of the molecule is CSc1ccc(/C=N\NC(=O)CSc2nnc(-c3ccc(Br)cc3)n2-c2ccccc2)cc1. The maximum absolute atomic E-state index is 12.4. The van der Waals surface area contributed by atoms with Crippen LogP contribution in [-0.4, -0.2) is 38.9 Å². The molecule has 0 radical (unpaired) electrons. The van der Waals surface area contributed by atoms with E-state index in [-0.39, 0.29) is 11.7 Å². The highest BCUT2D eigenvalue weighted by Crippen LogP contribution is 2.28. The van der Waals surface area contributed by atoms with Gasteiger partial charge in [-0.3, -0.25) is 9.36 Å². The first-order valence-electron chi connectivity index (χ1n) is 9.99. The lowest BCUT2D eigenvalue weighted by Gasteiger charge is -2.10. The second-order valence-corrected chi connectivity index (χ2v) is 9.58. The molecule has 0 aliphatic rings. The van der Waals surface area contributed by atoms with Crippen LogP contribution in [0.15, 0.2) is 98.5 Å². The molecule has 0 spiro atoms. The van der Waals surface area contributed by atoms with Gasteiger partial charge in [-0.15, -0.1) is 22.0 Å². The molecule has 0 saturated heterocycles. The molecular formula is C24H20BrN5OS2. The number of hydrazone groups is 1. The summed E-state index contributed by atoms with van der Waals surface area (Å²) in [5, 5.41) is 13.4. The fourth-order valence-corrected chi connectivity index (χ4v) is 4.41. The van der Waals surface area contributed by atoms with Crippen molar-refractivity contribution in [1.82, 2.24) is 20.2 Å². The largest absolute Gasteiger partial charge is 0.272 e. The van der Waals surface area contributed by atoms with Gasteiger partial charge < -0.3 is 0 Å². The monoisotopic (exact) mass is 537 g/mol. The van der Waals surface area contributed by atoms with Gasteiger partial charge in [-0.1, -0.05) is 70.2 Å². The van der Waals surface area contributed by atoms with Crippen LogP contribution in [0.5, 0.6) is 0 Å². The van der Waals surface area contributed by atoms with E-state index in [2.05, 4.69) is 36.7 Å². The Bertz CT molecular complexity index is 1240. The third-order valence-electron chi connectivity index (χ3n) is 4.60. The number of aromatic nitrogens is 3. The van der Waals surface area contributed by atoms with Gasteiger partial charge in [0.15, 0.2) is 11.0 Å². The fraction of sp³-hybridized carbons (Fsp3) is 0.0833. The van der Waals surface area contributed by atoms with Crippen molar-refractivity contribution in [3.63, 3.8) is 0 Å². The maximum Gasteiger partial charge on any atom is 0.250 e. The number of benzene rings is 3. The lowest BCUT2D eigenvalue weighted by Crippen LogP contribution is -2.20. The summed E-state index contributed by atoms with van der Waals surface area (Å²) in [7, 11) is 0. The summed E-state index contributed by atoms with van der Waals surface area (Å²) in [5.41, 5.74) is 5.36. The Morgan fingerprint density at radius 3 is 2.45 bits per heavy atom. The molecule has 0 fully saturated rings. The lowest BCUT2D eigenvalue weighted by molar-refractivity contribution is -0.118. The van der Waals surface area contributed by atoms with Crippen molar-refractivity contribution in [2.75, 3.05) is 12.0 Å². The van der Waals surface area contributed by atoms with E-state index in [9.17, 15) is 4.79 Å². The van der Waals surface area contributed by atoms with E-state index in [4.69, 9.17) is 0 Å². The van der Waals surface area contributed by atoms with Crippen LogP contribution in [0.2, 0.25) is 0 Å². The van der Waals surface area contributed by atoms with Crippen LogP contribution >= 0.6 is 39.5 Å². The van der Waals surface area contributed by atoms with Crippen molar-refractivity contribution >= 4 is 51.6 Å². The average molecular weight is 538 g/mol. The summed E-state index contributed by atoms with van der Waals surface area (Å²) in [5.74, 6) is 0.654. The summed E-state index contributed by atoms with van der Waals surface area (Å²) >= 11 is 6.46. The number of nitrogens with one attached hydrogen (secondary N) is 1. The van der Waals surface area contributed by atoms with Crippen LogP contribution in [0.1, 0.15) is 5.56 Å². The Kier molecular flexibility index (Phi) is 7.98. The molecular weight excluding hydrogens is 518 g/mol. The number of rotatable bonds is 8. The molecule has 0 saturated carbocycles. The van der Waals surface area contributed by atoms with Crippen LogP contribution in [0.4, 0.5) is 0 Å². The summed E-state index contributed by atoms with van der Waals surface area (Å²) in [6.07, 6.45) is 3.66. The average Bonchev–Trinajstić information content (AvgIpc) is 3.28. The van der Waals surface area contributed by atoms with E-state index in [1.54, 1.807) is 18.0 Å². The topological polar surface area (TPSA) is 72.2 Å². The predicted octanol–water partition coefficient (Wildman–Crippen LogP) is 5.66. The minimum absolute atomic E-state index is 0.161. The first kappa shape index (κ1) is 23.3. The smallest absolute Gasteiger partial charge is 0.250 e. The highest BCUT2D eigenvalue weighted by molar-refractivity contribution is 9.10. The summed E-state index contributed by atoms with van der Waals surface area (Å²) in [4.78, 5) is 13.5. The van der Waals surface area contributed by atoms with Crippen LogP contribution in [-0.2, 0) is 4.79 Å². The van der Waals surface area contributed by atoms with E-state index in [1.807, 2.05) is 89.7 Å². The predicted molar refractivity (Wildman–Crippen MR) is 139 cm³/mol. The number of thioether (sulfide) groups is 2. The third kappa shape index (κ3) is 6.13. The van der Waals surface area contributed by atoms with Gasteiger partial charge in [0.2, 0.25) is 0 Å². The number of carbonyl (C=O) groups excluding carboxylic acids is 1. The zero-order valence-corrected chi connectivity index (χ0v) is 20.9. The highest BCUT2D eigenvalue weighted by Gasteiger charge is 2.17. The van der Waals surface area contributed by atoms with Gasteiger partial charge in [0, 0.05) is 20.6 Å². The number of hydrogen-bond donors (Lipinski definition) is 1. The first-order chi connectivity index (χ1) is 16.1. The quantitative estimate of drug-likeness (QED) is 0.178. The maximum atomic E-state index is 12.4. The molecule has 4 rings (SSSR count). The van der Waals surface area contributed by atoms with Gasteiger partial charge in [-0.2, -0.15) is 5.10 Å². The van der Waals surface area contributed by atoms with E-state index in [0.29, 0.717) is 11.0 Å². The number of halogens is 1. The van der Waals surface area contributed by atoms with Crippen LogP contribution in [0.3, 0.4) is 0 Å². The molecule has 0 aliphatic carbocycles. The highest BCUT2D eigenvalue weighted by atomic mass is 79.9. The van der Waals surface area contributed by atoms with Crippen molar-refractivity contribution in [2.24, 2.45) is 5.10 Å². The van der Waals surface area contributed by atoms with Crippen LogP contribution in [0, 0.1) is 0 Å². The molecule has 0 aliphatic heterocycles. The van der Waals surface area contributed by atoms with Crippen molar-refractivity contribution in [1.29, 1.82) is 0 Å². The Morgan fingerprint density at radius 2 is 1.76 bits per heavy atom. The molecule has 9 heteroatoms. The van der Waals surface area contributed by atoms with Crippen molar-refractivity contribution < 1.29 is 4.79 Å². The minimum Gasteiger partial charge on any atom is -0.272 e. The minimum atomic E-state index is -0.218. The normalized spacial score (nSPS) is 11.1. The molecule has 3 aromatic carbocycles. The molecule has 166 valence electrons. The van der Waals surface area contributed by atoms with Crippen LogP contribution in [0.25, 0.3) is 17.1 Å². The molecule has 6 nitrogen and oxygen atoms in total. The van der Waals surface area contributed by atoms with Crippen molar-refractivity contribution in [3.05, 3.63) is 88.9 Å². The van der Waals surface area contributed by atoms with E-state index < -0.39 is 0 Å². The van der Waals surface area contributed by atoms with Crippen molar-refractivity contribution in [3.8, 4) is 17.1 Å². The zero-order chi connectivity index (χ0) is 23.0. The molecule has 0 atom stereocenters. The number of nitrogens with zero attached hydrogens (tertiary/aromatic N) is 4. The van der Waals surface area contributed by atoms with Gasteiger partial charge in [0.1, 0.15) is 0 Å². The second kappa shape index (κ2) is 11.3. The van der Waals surface area contributed by atoms with Gasteiger partial charge in [0.25, 0.3) is 5.91 Å². The lowest BCUT2D eigenvalue weighted by atomic mass is 10.2. The third-order valence-corrected chi connectivity index (χ3v) is 6.80. The summed E-state index contributed by atoms with van der Waals surface area (Å²) < 4.78 is 2.95. The number of para-hydroxylation sites is 1. The molecule has 1 aromatic heterocycles. The molecule has 0 unspecified atom stereocenters. The molecule has 1 N–H and O–H groups in total. The van der Waals surface area contributed by atoms with E-state index in [0.717, 1.165) is 21.3 Å². The van der Waals surface area contributed by atoms with Gasteiger partial charge >= 0.3 is 0 Å². The van der Waals surface area contributed by atoms with E-state index in [1.165, 1.54) is 16.7 Å². The Balaban J connectivity index is 1.46. The van der Waals surface area contributed by atoms with E-state index >= 15 is 0 Å². The molecule has 33 heavy (non-hydrogen) atoms. The van der Waals surface area contributed by atoms with Crippen molar-refractivity contribution in [2.45, 2.75) is 10.1 Å². The standard InChI is InChI=1S/C24H20BrN5OS2/c1-32-21-13-7-17(8-14-21)15-26-27-22(31)16-33-24-29-28-23(18-9-11-19(25)12-10-18)30(24)20-5-3-2-4-6-20/h2-15H,16H2,1H3,(H,27,31)/b26-15-. The molecule has 1 amide bonds. The van der Waals surface area contributed by atoms with Gasteiger partial charge in [-0.05, 0) is 48.2 Å². The van der Waals surface area contributed by atoms with Crippen LogP contribution < -0.4 is 5.43 Å². The summed E-state index contributed by atoms with van der Waals surface area (Å²) in [6.45, 7) is 0. The Morgan fingerprint density at radius 1 is 1.03 bits per heavy atom. The fourth-order valence-electron chi connectivity index (χ4n) is 2.99. The Labute approximate surface area is 209 Å². The van der Waals surface area contributed by atoms with Gasteiger partial charge in [-0.25, -0.2) is 5.43 Å². The Hall–Kier alpha value is -2.88. The second-order valence-electron chi connectivity index (χ2n) is 6.84.